The van der Waals surface area contributed by atoms with E-state index >= 15 is 0 Å². The van der Waals surface area contributed by atoms with E-state index in [1.54, 1.807) is 56.3 Å². The zero-order valence-corrected chi connectivity index (χ0v) is 20.5. The summed E-state index contributed by atoms with van der Waals surface area (Å²) in [5.41, 5.74) is 0.731. The number of rotatable bonds is 11. The second-order valence-electron chi connectivity index (χ2n) is 7.60. The first-order valence-electron chi connectivity index (χ1n) is 10.6. The molecule has 0 spiro atoms. The molecular formula is C23H29ClFN3O4S. The van der Waals surface area contributed by atoms with E-state index in [-0.39, 0.29) is 37.7 Å². The van der Waals surface area contributed by atoms with Gasteiger partial charge in [-0.05, 0) is 50.6 Å². The van der Waals surface area contributed by atoms with Gasteiger partial charge in [0.25, 0.3) is 0 Å². The number of likely N-dealkylation sites (N-methyl/N-ethyl adjacent to an activating group) is 1. The Morgan fingerprint density at radius 3 is 2.33 bits per heavy atom. The van der Waals surface area contributed by atoms with E-state index in [1.807, 2.05) is 0 Å². The fourth-order valence-corrected chi connectivity index (χ4v) is 4.42. The highest BCUT2D eigenvalue weighted by molar-refractivity contribution is 7.92. The third kappa shape index (κ3) is 7.71. The maximum absolute atomic E-state index is 14.2. The zero-order valence-electron chi connectivity index (χ0n) is 18.9. The summed E-state index contributed by atoms with van der Waals surface area (Å²) in [7, 11) is -3.59. The number of nitrogens with zero attached hydrogens (tertiary/aromatic N) is 2. The molecule has 0 heterocycles. The van der Waals surface area contributed by atoms with Crippen LogP contribution in [0.15, 0.2) is 48.5 Å². The SMILES string of the molecule is CCNC(=O)[C@H](C)N(Cc1ccccc1F)C(=O)CCCN(c1ccc(Cl)cc1)S(C)(=O)=O. The highest BCUT2D eigenvalue weighted by Gasteiger charge is 2.27. The van der Waals surface area contributed by atoms with Gasteiger partial charge >= 0.3 is 0 Å². The second-order valence-corrected chi connectivity index (χ2v) is 9.94. The van der Waals surface area contributed by atoms with Crippen molar-refractivity contribution >= 4 is 39.1 Å². The molecule has 7 nitrogen and oxygen atoms in total. The first kappa shape index (κ1) is 26.6. The van der Waals surface area contributed by atoms with Crippen LogP contribution in [0, 0.1) is 5.82 Å². The molecule has 0 aromatic heterocycles. The van der Waals surface area contributed by atoms with Gasteiger partial charge in [0.05, 0.1) is 11.9 Å². The molecule has 2 rings (SSSR count). The Kier molecular flexibility index (Phi) is 9.67. The van der Waals surface area contributed by atoms with Crippen LogP contribution in [0.5, 0.6) is 0 Å². The van der Waals surface area contributed by atoms with Crippen LogP contribution in [0.2, 0.25) is 5.02 Å². The van der Waals surface area contributed by atoms with Crippen molar-refractivity contribution in [3.8, 4) is 0 Å². The van der Waals surface area contributed by atoms with Gasteiger partial charge in [-0.1, -0.05) is 29.8 Å². The molecule has 180 valence electrons. The summed E-state index contributed by atoms with van der Waals surface area (Å²) < 4.78 is 40.0. The topological polar surface area (TPSA) is 86.8 Å². The number of anilines is 1. The van der Waals surface area contributed by atoms with Crippen molar-refractivity contribution in [3.63, 3.8) is 0 Å². The number of hydrogen-bond donors (Lipinski definition) is 1. The van der Waals surface area contributed by atoms with E-state index in [0.29, 0.717) is 22.8 Å². The third-order valence-electron chi connectivity index (χ3n) is 5.08. The standard InChI is InChI=1S/C23H29ClFN3O4S/c1-4-26-23(30)17(2)27(16-18-8-5-6-9-21(18)25)22(29)10-7-15-28(33(3,31)32)20-13-11-19(24)12-14-20/h5-6,8-9,11-14,17H,4,7,10,15-16H2,1-3H3,(H,26,30)/t17-/m0/s1. The van der Waals surface area contributed by atoms with Crippen molar-refractivity contribution in [3.05, 3.63) is 64.9 Å². The number of carbonyl (C=O) groups excluding carboxylic acids is 2. The Bertz CT molecular complexity index is 1060. The molecule has 10 heteroatoms. The molecule has 0 fully saturated rings. The number of halogens is 2. The number of amides is 2. The lowest BCUT2D eigenvalue weighted by Gasteiger charge is -2.29. The Hall–Kier alpha value is -2.65. The lowest BCUT2D eigenvalue weighted by Crippen LogP contribution is -2.47. The molecule has 2 aromatic rings. The van der Waals surface area contributed by atoms with Crippen molar-refractivity contribution in [1.29, 1.82) is 0 Å². The first-order chi connectivity index (χ1) is 15.5. The summed E-state index contributed by atoms with van der Waals surface area (Å²) >= 11 is 5.89. The lowest BCUT2D eigenvalue weighted by atomic mass is 10.1. The fraction of sp³-hybridized carbons (Fsp3) is 0.391. The molecule has 1 atom stereocenters. The quantitative estimate of drug-likeness (QED) is 0.514. The minimum Gasteiger partial charge on any atom is -0.355 e. The van der Waals surface area contributed by atoms with Crippen LogP contribution in [0.4, 0.5) is 10.1 Å². The zero-order chi connectivity index (χ0) is 24.6. The molecule has 1 N–H and O–H groups in total. The second kappa shape index (κ2) is 12.0. The van der Waals surface area contributed by atoms with Gasteiger partial charge in [0.2, 0.25) is 21.8 Å². The lowest BCUT2D eigenvalue weighted by molar-refractivity contribution is -0.140. The van der Waals surface area contributed by atoms with Crippen molar-refractivity contribution in [2.75, 3.05) is 23.7 Å². The summed E-state index contributed by atoms with van der Waals surface area (Å²) in [5.74, 6) is -1.19. The van der Waals surface area contributed by atoms with Crippen molar-refractivity contribution in [2.24, 2.45) is 0 Å². The molecule has 33 heavy (non-hydrogen) atoms. The molecule has 0 saturated carbocycles. The third-order valence-corrected chi connectivity index (χ3v) is 6.53. The summed E-state index contributed by atoms with van der Waals surface area (Å²) in [5, 5.41) is 3.15. The number of carbonyl (C=O) groups is 2. The molecule has 2 aromatic carbocycles. The molecule has 0 aliphatic carbocycles. The smallest absolute Gasteiger partial charge is 0.242 e. The van der Waals surface area contributed by atoms with Gasteiger partial charge in [-0.3, -0.25) is 13.9 Å². The number of benzene rings is 2. The van der Waals surface area contributed by atoms with E-state index in [1.165, 1.54) is 15.3 Å². The summed E-state index contributed by atoms with van der Waals surface area (Å²) in [6.07, 6.45) is 1.29. The Balaban J connectivity index is 2.15. The van der Waals surface area contributed by atoms with Gasteiger partial charge in [-0.25, -0.2) is 12.8 Å². The maximum atomic E-state index is 14.2. The van der Waals surface area contributed by atoms with Gasteiger partial charge in [0.1, 0.15) is 11.9 Å². The molecule has 0 aliphatic rings. The van der Waals surface area contributed by atoms with Crippen LogP contribution in [-0.2, 0) is 26.2 Å². The highest BCUT2D eigenvalue weighted by atomic mass is 35.5. The number of nitrogens with one attached hydrogen (secondary N) is 1. The van der Waals surface area contributed by atoms with E-state index < -0.39 is 21.9 Å². The van der Waals surface area contributed by atoms with Crippen LogP contribution in [0.25, 0.3) is 0 Å². The van der Waals surface area contributed by atoms with Crippen LogP contribution in [0.3, 0.4) is 0 Å². The molecule has 0 bridgehead atoms. The monoisotopic (exact) mass is 497 g/mol. The highest BCUT2D eigenvalue weighted by Crippen LogP contribution is 2.21. The minimum atomic E-state index is -3.59. The van der Waals surface area contributed by atoms with Crippen molar-refractivity contribution < 1.29 is 22.4 Å². The predicted octanol–water partition coefficient (Wildman–Crippen LogP) is 3.58. The van der Waals surface area contributed by atoms with Gasteiger partial charge in [-0.2, -0.15) is 0 Å². The van der Waals surface area contributed by atoms with Crippen LogP contribution in [-0.4, -0.2) is 50.5 Å². The largest absolute Gasteiger partial charge is 0.355 e. The molecule has 0 aliphatic heterocycles. The summed E-state index contributed by atoms with van der Waals surface area (Å²) in [4.78, 5) is 26.8. The van der Waals surface area contributed by atoms with E-state index in [0.717, 1.165) is 6.26 Å². The normalized spacial score (nSPS) is 12.2. The van der Waals surface area contributed by atoms with E-state index in [9.17, 15) is 22.4 Å². The average molecular weight is 498 g/mol. The Labute approximate surface area is 199 Å². The van der Waals surface area contributed by atoms with Crippen LogP contribution in [0.1, 0.15) is 32.3 Å². The summed E-state index contributed by atoms with van der Waals surface area (Å²) in [6, 6.07) is 11.6. The molecule has 0 radical (unpaired) electrons. The number of sulfonamides is 1. The van der Waals surface area contributed by atoms with Crippen LogP contribution >= 0.6 is 11.6 Å². The van der Waals surface area contributed by atoms with Gasteiger partial charge in [0.15, 0.2) is 0 Å². The molecule has 0 saturated heterocycles. The summed E-state index contributed by atoms with van der Waals surface area (Å²) in [6.45, 7) is 3.74. The van der Waals surface area contributed by atoms with Crippen LogP contribution < -0.4 is 9.62 Å². The van der Waals surface area contributed by atoms with Crippen molar-refractivity contribution in [1.82, 2.24) is 10.2 Å². The van der Waals surface area contributed by atoms with Crippen molar-refractivity contribution in [2.45, 2.75) is 39.3 Å². The maximum Gasteiger partial charge on any atom is 0.242 e. The Morgan fingerprint density at radius 1 is 1.12 bits per heavy atom. The molecule has 2 amide bonds. The first-order valence-corrected chi connectivity index (χ1v) is 12.8. The Morgan fingerprint density at radius 2 is 1.76 bits per heavy atom. The number of hydrogen-bond acceptors (Lipinski definition) is 4. The minimum absolute atomic E-state index is 0.0161. The predicted molar refractivity (Wildman–Crippen MR) is 128 cm³/mol. The van der Waals surface area contributed by atoms with Gasteiger partial charge < -0.3 is 10.2 Å². The molecule has 0 unspecified atom stereocenters. The van der Waals surface area contributed by atoms with E-state index in [2.05, 4.69) is 5.32 Å². The fourth-order valence-electron chi connectivity index (χ4n) is 3.33. The van der Waals surface area contributed by atoms with Gasteiger partial charge in [0, 0.05) is 36.6 Å². The average Bonchev–Trinajstić information content (AvgIpc) is 2.75. The van der Waals surface area contributed by atoms with Gasteiger partial charge in [-0.15, -0.1) is 0 Å². The van der Waals surface area contributed by atoms with E-state index in [4.69, 9.17) is 11.6 Å². The molecular weight excluding hydrogens is 469 g/mol.